The summed E-state index contributed by atoms with van der Waals surface area (Å²) in [7, 11) is 0. The Morgan fingerprint density at radius 2 is 1.53 bits per heavy atom. The number of para-hydroxylation sites is 1. The highest BCUT2D eigenvalue weighted by atomic mass is 19.1. The third-order valence-electron chi connectivity index (χ3n) is 6.67. The van der Waals surface area contributed by atoms with Crippen LogP contribution in [0.2, 0.25) is 0 Å². The van der Waals surface area contributed by atoms with Crippen LogP contribution in [0.5, 0.6) is 0 Å². The zero-order valence-electron chi connectivity index (χ0n) is 22.6. The molecule has 6 nitrogen and oxygen atoms in total. The normalized spacial score (nSPS) is 11.0. The number of halogens is 1. The van der Waals surface area contributed by atoms with E-state index in [9.17, 15) is 18.8 Å². The van der Waals surface area contributed by atoms with Crippen LogP contribution in [0.25, 0.3) is 11.0 Å². The summed E-state index contributed by atoms with van der Waals surface area (Å²) in [6.45, 7) is 4.78. The molecule has 1 aromatic heterocycles. The zero-order chi connectivity index (χ0) is 27.3. The third-order valence-corrected chi connectivity index (χ3v) is 6.67. The minimum atomic E-state index is -0.365. The Morgan fingerprint density at radius 3 is 2.26 bits per heavy atom. The quantitative estimate of drug-likeness (QED) is 0.215. The first-order chi connectivity index (χ1) is 18.4. The minimum Gasteiger partial charge on any atom is -0.464 e. The highest BCUT2D eigenvalue weighted by Crippen LogP contribution is 2.15. The fourth-order valence-electron chi connectivity index (χ4n) is 4.52. The Bertz CT molecular complexity index is 1240. The maximum Gasteiger partial charge on any atom is 0.242 e. The summed E-state index contributed by atoms with van der Waals surface area (Å²) in [6.07, 6.45) is 9.07. The van der Waals surface area contributed by atoms with Gasteiger partial charge in [-0.25, -0.2) is 4.39 Å². The van der Waals surface area contributed by atoms with E-state index >= 15 is 0 Å². The van der Waals surface area contributed by atoms with E-state index < -0.39 is 0 Å². The van der Waals surface area contributed by atoms with Gasteiger partial charge < -0.3 is 14.2 Å². The van der Waals surface area contributed by atoms with E-state index in [0.29, 0.717) is 29.5 Å². The zero-order valence-corrected chi connectivity index (χ0v) is 22.6. The molecule has 7 heteroatoms. The number of benzene rings is 2. The molecule has 0 aliphatic carbocycles. The molecule has 0 atom stereocenters. The highest BCUT2D eigenvalue weighted by molar-refractivity contribution is 5.85. The molecule has 0 N–H and O–H groups in total. The third kappa shape index (κ3) is 8.54. The first kappa shape index (κ1) is 29.1. The van der Waals surface area contributed by atoms with Gasteiger partial charge in [0.05, 0.1) is 30.3 Å². The largest absolute Gasteiger partial charge is 0.464 e. The van der Waals surface area contributed by atoms with Gasteiger partial charge in [0.15, 0.2) is 5.43 Å². The first-order valence-corrected chi connectivity index (χ1v) is 13.7. The Hall–Kier alpha value is -3.48. The van der Waals surface area contributed by atoms with Gasteiger partial charge in [0.2, 0.25) is 11.8 Å². The van der Waals surface area contributed by atoms with Crippen LogP contribution in [-0.2, 0) is 22.7 Å². The second-order valence-corrected chi connectivity index (χ2v) is 9.80. The highest BCUT2D eigenvalue weighted by Gasteiger charge is 2.22. The van der Waals surface area contributed by atoms with Crippen molar-refractivity contribution in [2.24, 2.45) is 0 Å². The second-order valence-electron chi connectivity index (χ2n) is 9.80. The van der Waals surface area contributed by atoms with Crippen molar-refractivity contribution in [3.63, 3.8) is 0 Å². The predicted molar refractivity (Wildman–Crippen MR) is 148 cm³/mol. The van der Waals surface area contributed by atoms with E-state index in [1.165, 1.54) is 42.6 Å². The molecule has 0 saturated carbocycles. The minimum absolute atomic E-state index is 0.0228. The van der Waals surface area contributed by atoms with Crippen molar-refractivity contribution in [1.29, 1.82) is 0 Å². The predicted octanol–water partition coefficient (Wildman–Crippen LogP) is 6.45. The number of rotatable bonds is 15. The Labute approximate surface area is 224 Å². The van der Waals surface area contributed by atoms with E-state index in [2.05, 4.69) is 6.92 Å². The van der Waals surface area contributed by atoms with Crippen LogP contribution in [0.4, 0.5) is 4.39 Å². The molecular weight excluding hydrogens is 483 g/mol. The van der Waals surface area contributed by atoms with Crippen molar-refractivity contribution < 1.29 is 18.4 Å². The molecule has 0 spiro atoms. The van der Waals surface area contributed by atoms with Crippen LogP contribution in [0.1, 0.15) is 76.3 Å². The molecule has 0 bridgehead atoms. The van der Waals surface area contributed by atoms with Gasteiger partial charge in [-0.1, -0.05) is 70.2 Å². The average molecular weight is 523 g/mol. The van der Waals surface area contributed by atoms with Gasteiger partial charge in [-0.3, -0.25) is 14.4 Å². The summed E-state index contributed by atoms with van der Waals surface area (Å²) in [6, 6.07) is 12.9. The molecule has 0 unspecified atom stereocenters. The van der Waals surface area contributed by atoms with Crippen molar-refractivity contribution in [2.45, 2.75) is 78.3 Å². The van der Waals surface area contributed by atoms with Crippen LogP contribution in [-0.4, -0.2) is 34.7 Å². The van der Waals surface area contributed by atoms with E-state index in [4.69, 9.17) is 4.42 Å². The fraction of sp³-hybridized carbons (Fsp3) is 0.452. The maximum absolute atomic E-state index is 13.6. The standard InChI is InChI=1S/C31H39FN2O4/c1-3-5-6-7-8-9-14-29(35)33(19-4-2)22-30(36)34(20-24-15-17-26(32)18-16-24)21-25-23-38-28-13-11-10-12-27(28)31(25)37/h10-13,15-18,23H,3-9,14,19-22H2,1-2H3. The van der Waals surface area contributed by atoms with E-state index in [-0.39, 0.29) is 42.7 Å². The van der Waals surface area contributed by atoms with Gasteiger partial charge in [0.1, 0.15) is 11.4 Å². The summed E-state index contributed by atoms with van der Waals surface area (Å²) in [5, 5.41) is 0.445. The number of fused-ring (bicyclic) bond motifs is 1. The van der Waals surface area contributed by atoms with Gasteiger partial charge >= 0.3 is 0 Å². The molecule has 0 aliphatic rings. The van der Waals surface area contributed by atoms with Crippen LogP contribution in [0, 0.1) is 5.82 Å². The summed E-state index contributed by atoms with van der Waals surface area (Å²) < 4.78 is 19.1. The summed E-state index contributed by atoms with van der Waals surface area (Å²) in [5.41, 5.74) is 1.35. The number of carbonyl (C=O) groups excluding carboxylic acids is 2. The molecule has 0 fully saturated rings. The number of amides is 2. The van der Waals surface area contributed by atoms with Gasteiger partial charge in [-0.15, -0.1) is 0 Å². The van der Waals surface area contributed by atoms with Crippen molar-refractivity contribution in [1.82, 2.24) is 9.80 Å². The van der Waals surface area contributed by atoms with Gasteiger partial charge in [-0.2, -0.15) is 0 Å². The topological polar surface area (TPSA) is 70.8 Å². The lowest BCUT2D eigenvalue weighted by Crippen LogP contribution is -2.43. The van der Waals surface area contributed by atoms with E-state index in [1.54, 1.807) is 41.3 Å². The summed E-state index contributed by atoms with van der Waals surface area (Å²) in [5.74, 6) is -0.662. The molecular formula is C31H39FN2O4. The number of hydrogen-bond acceptors (Lipinski definition) is 4. The van der Waals surface area contributed by atoms with E-state index in [1.807, 2.05) is 6.92 Å². The number of hydrogen-bond donors (Lipinski definition) is 0. The number of carbonyl (C=O) groups is 2. The molecule has 0 aliphatic heterocycles. The first-order valence-electron chi connectivity index (χ1n) is 13.7. The molecule has 2 amide bonds. The van der Waals surface area contributed by atoms with Crippen molar-refractivity contribution in [3.8, 4) is 0 Å². The SMILES string of the molecule is CCCCCCCCC(=O)N(CCC)CC(=O)N(Cc1ccc(F)cc1)Cc1coc2ccccc2c1=O. The summed E-state index contributed by atoms with van der Waals surface area (Å²) in [4.78, 5) is 42.8. The number of unbranched alkanes of at least 4 members (excludes halogenated alkanes) is 5. The Kier molecular flexibility index (Phi) is 11.5. The molecule has 3 aromatic rings. The smallest absolute Gasteiger partial charge is 0.242 e. The van der Waals surface area contributed by atoms with Gasteiger partial charge in [0, 0.05) is 19.5 Å². The molecule has 0 saturated heterocycles. The van der Waals surface area contributed by atoms with Crippen LogP contribution in [0.15, 0.2) is 64.0 Å². The van der Waals surface area contributed by atoms with Crippen LogP contribution < -0.4 is 5.43 Å². The Morgan fingerprint density at radius 1 is 0.816 bits per heavy atom. The Balaban J connectivity index is 1.75. The summed E-state index contributed by atoms with van der Waals surface area (Å²) >= 11 is 0. The molecule has 3 rings (SSSR count). The average Bonchev–Trinajstić information content (AvgIpc) is 2.92. The van der Waals surface area contributed by atoms with Gasteiger partial charge in [0.25, 0.3) is 0 Å². The van der Waals surface area contributed by atoms with Crippen molar-refractivity contribution in [3.05, 3.63) is 82.0 Å². The van der Waals surface area contributed by atoms with E-state index in [0.717, 1.165) is 31.2 Å². The second kappa shape index (κ2) is 15.1. The lowest BCUT2D eigenvalue weighted by Gasteiger charge is -2.28. The maximum atomic E-state index is 13.6. The van der Waals surface area contributed by atoms with Gasteiger partial charge in [-0.05, 0) is 42.7 Å². The number of nitrogens with zero attached hydrogens (tertiary/aromatic N) is 2. The lowest BCUT2D eigenvalue weighted by atomic mass is 10.1. The van der Waals surface area contributed by atoms with Crippen molar-refractivity contribution >= 4 is 22.8 Å². The molecule has 38 heavy (non-hydrogen) atoms. The molecule has 0 radical (unpaired) electrons. The molecule has 204 valence electrons. The van der Waals surface area contributed by atoms with Crippen LogP contribution in [0.3, 0.4) is 0 Å². The lowest BCUT2D eigenvalue weighted by molar-refractivity contribution is -0.141. The van der Waals surface area contributed by atoms with Crippen molar-refractivity contribution in [2.75, 3.05) is 13.1 Å². The fourth-order valence-corrected chi connectivity index (χ4v) is 4.52. The molecule has 1 heterocycles. The van der Waals surface area contributed by atoms with Crippen LogP contribution >= 0.6 is 0 Å². The molecule has 2 aromatic carbocycles. The monoisotopic (exact) mass is 522 g/mol.